The molecule has 6 aromatic carbocycles. The Morgan fingerprint density at radius 3 is 0.726 bits per heavy atom. The van der Waals surface area contributed by atoms with Crippen molar-refractivity contribution in [2.75, 3.05) is 62.8 Å². The Kier molecular flexibility index (Phi) is 41.9. The third-order valence-corrected chi connectivity index (χ3v) is 18.7. The molecule has 0 atom stereocenters. The number of amides is 5. The average molecular weight is 1570 g/mol. The van der Waals surface area contributed by atoms with Crippen LogP contribution in [0.15, 0.2) is 146 Å². The third kappa shape index (κ3) is 34.6. The Hall–Kier alpha value is -11.0. The molecule has 113 heavy (non-hydrogen) atoms. The smallest absolute Gasteiger partial charge is 0.338 e. The molecule has 0 aromatic heterocycles. The maximum atomic E-state index is 12.0. The summed E-state index contributed by atoms with van der Waals surface area (Å²) in [5.41, 5.74) is 3.01. The van der Waals surface area contributed by atoms with E-state index < -0.39 is 38.5 Å². The normalized spacial score (nSPS) is 11.0. The number of hydrogen-bond donors (Lipinski definition) is 4. The fraction of sp³-hybridized carbons (Fsp3) is 0.461. The molecule has 0 saturated carbocycles. The highest BCUT2D eigenvalue weighted by Gasteiger charge is 2.31. The van der Waals surface area contributed by atoms with Gasteiger partial charge in [0.2, 0.25) is 23.6 Å². The van der Waals surface area contributed by atoms with E-state index in [0.717, 1.165) is 25.7 Å². The number of nitrogens with zero attached hydrogens (tertiary/aromatic N) is 1. The number of ether oxygens (including phenoxy) is 7. The van der Waals surface area contributed by atoms with E-state index in [1.165, 1.54) is 19.1 Å². The number of benzene rings is 6. The predicted octanol–water partition coefficient (Wildman–Crippen LogP) is 18.5. The van der Waals surface area contributed by atoms with Gasteiger partial charge in [0.25, 0.3) is 5.91 Å². The van der Waals surface area contributed by atoms with Crippen molar-refractivity contribution in [3.63, 3.8) is 0 Å². The molecule has 24 nitrogen and oxygen atoms in total. The van der Waals surface area contributed by atoms with Crippen LogP contribution in [0.5, 0.6) is 11.5 Å². The van der Waals surface area contributed by atoms with Crippen molar-refractivity contribution in [1.82, 2.24) is 4.90 Å². The second-order valence-electron chi connectivity index (χ2n) is 30.5. The monoisotopic (exact) mass is 1570 g/mol. The lowest BCUT2D eigenvalue weighted by Crippen LogP contribution is -2.30. The molecule has 0 bridgehead atoms. The van der Waals surface area contributed by atoms with Gasteiger partial charge in [-0.3, -0.25) is 33.6 Å². The predicted molar refractivity (Wildman–Crippen MR) is 442 cm³/mol. The van der Waals surface area contributed by atoms with Crippen molar-refractivity contribution in [3.8, 4) is 11.5 Å². The topological polar surface area (TPSA) is 321 Å². The minimum atomic E-state index is -0.514. The molecule has 4 N–H and O–H groups in total. The van der Waals surface area contributed by atoms with Gasteiger partial charge in [0.05, 0.1) is 72.2 Å². The van der Waals surface area contributed by atoms with E-state index in [0.29, 0.717) is 93.7 Å². The zero-order chi connectivity index (χ0) is 86.4. The van der Waals surface area contributed by atoms with Crippen LogP contribution in [0.25, 0.3) is 0 Å². The van der Waals surface area contributed by atoms with E-state index in [1.807, 2.05) is 125 Å². The summed E-state index contributed by atoms with van der Waals surface area (Å²) >= 11 is 0. The van der Waals surface area contributed by atoms with Crippen LogP contribution >= 0.6 is 0 Å². The summed E-state index contributed by atoms with van der Waals surface area (Å²) in [6.45, 7) is 42.1. The largest absolute Gasteiger partial charge is 0.465 e. The Balaban J connectivity index is 0.000000678. The molecule has 618 valence electrons. The van der Waals surface area contributed by atoms with Crippen molar-refractivity contribution in [1.29, 1.82) is 0 Å². The van der Waals surface area contributed by atoms with Crippen LogP contribution in [-0.4, -0.2) is 124 Å². The lowest BCUT2D eigenvalue weighted by molar-refractivity contribution is -0.144. The van der Waals surface area contributed by atoms with Crippen molar-refractivity contribution < 1.29 is 90.7 Å². The molecule has 0 unspecified atom stereocenters. The lowest BCUT2D eigenvalue weighted by atomic mass is 9.89. The maximum Gasteiger partial charge on any atom is 0.338 e. The first-order valence-electron chi connectivity index (χ1n) is 37.9. The van der Waals surface area contributed by atoms with Crippen LogP contribution in [0.1, 0.15) is 253 Å². The van der Waals surface area contributed by atoms with Crippen molar-refractivity contribution >= 4 is 94.1 Å². The first-order valence-corrected chi connectivity index (χ1v) is 37.9. The first-order chi connectivity index (χ1) is 52.6. The summed E-state index contributed by atoms with van der Waals surface area (Å²) in [7, 11) is 6.07. The zero-order valence-corrected chi connectivity index (χ0v) is 71.3. The van der Waals surface area contributed by atoms with Crippen molar-refractivity contribution in [2.45, 2.75) is 197 Å². The summed E-state index contributed by atoms with van der Waals surface area (Å²) in [4.78, 5) is 142. The van der Waals surface area contributed by atoms with E-state index in [2.05, 4.69) is 30.7 Å². The number of carbonyl (C=O) groups excluding carboxylic acids is 12. The van der Waals surface area contributed by atoms with Gasteiger partial charge in [0, 0.05) is 64.1 Å². The Bertz CT molecular complexity index is 3890. The molecule has 0 saturated heterocycles. The standard InChI is InChI=1S/C16H23NO3.C15H22N2O2.C15H21NO3.C15H20O4.C14H19NO3.C14H18O4/c1-6-16(4,5)15(19)17-13-9-7-12(8-10-13)14(18)20-11(2)3;1-6-15(2,3)14(19)16-12-9-7-11(8-10-12)13(18)17(4)5;1-5-15(3,4)14(18)16-12-9-7-11(8-10-12)13(17)19-6-2;1-5-15(3,4)14(17)19-12-9-7-11(8-10-12)13(16)18-6-2;1-5-14(2,3)13(17)15-11-8-6-10(7-9-11)12(16)18-4;1-5-14(2,3)13(16)18-11-8-6-10(7-9-11)12(15)17-4/h7-11H,6H2,1-5H3,(H,17,19);7-10H,6H2,1-5H3,(H,16,19);7-10H,5-6H2,1-4H3,(H,16,18);7-10H,5-6H2,1-4H3;6-9H,5H2,1-4H3,(H,15,17);6-9H,5H2,1-4H3. The number of hydrogen-bond acceptors (Lipinski definition) is 19. The number of nitrogens with one attached hydrogen (secondary N) is 4. The van der Waals surface area contributed by atoms with E-state index in [-0.39, 0.29) is 71.5 Å². The fourth-order valence-corrected chi connectivity index (χ4v) is 7.91. The highest BCUT2D eigenvalue weighted by Crippen LogP contribution is 2.29. The van der Waals surface area contributed by atoms with Crippen LogP contribution in [0.3, 0.4) is 0 Å². The van der Waals surface area contributed by atoms with Crippen molar-refractivity contribution in [2.24, 2.45) is 32.5 Å². The minimum absolute atomic E-state index is 0.0123. The molecule has 0 heterocycles. The number of esters is 7. The molecule has 6 rings (SSSR count). The minimum Gasteiger partial charge on any atom is -0.465 e. The summed E-state index contributed by atoms with van der Waals surface area (Å²) in [5.74, 6) is -1.75. The molecule has 0 fully saturated rings. The Morgan fingerprint density at radius 2 is 0.522 bits per heavy atom. The molecule has 0 aliphatic rings. The van der Waals surface area contributed by atoms with Gasteiger partial charge >= 0.3 is 41.8 Å². The van der Waals surface area contributed by atoms with Gasteiger partial charge in [-0.15, -0.1) is 0 Å². The molecule has 6 aromatic rings. The van der Waals surface area contributed by atoms with Gasteiger partial charge in [-0.25, -0.2) is 24.0 Å². The van der Waals surface area contributed by atoms with Crippen LogP contribution in [0.2, 0.25) is 0 Å². The molecular weight excluding hydrogens is 1440 g/mol. The first kappa shape index (κ1) is 100.0. The third-order valence-electron chi connectivity index (χ3n) is 18.7. The molecule has 0 aliphatic heterocycles. The van der Waals surface area contributed by atoms with Gasteiger partial charge < -0.3 is 59.3 Å². The summed E-state index contributed by atoms with van der Waals surface area (Å²) < 4.78 is 34.6. The summed E-state index contributed by atoms with van der Waals surface area (Å²) in [6, 6.07) is 39.6. The van der Waals surface area contributed by atoms with Crippen LogP contribution in [0.4, 0.5) is 22.7 Å². The molecule has 0 aliphatic carbocycles. The number of rotatable bonds is 27. The van der Waals surface area contributed by atoms with Crippen LogP contribution in [-0.2, 0) is 52.5 Å². The SMILES string of the molecule is CCC(C)(C)C(=O)Nc1ccc(C(=O)N(C)C)cc1.CCC(C)(C)C(=O)Nc1ccc(C(=O)OC(C)C)cc1.CCC(C)(C)C(=O)Nc1ccc(C(=O)OC)cc1.CCC(C)(C)C(=O)Oc1ccc(C(=O)OC)cc1.CCOC(=O)c1ccc(NC(=O)C(C)(C)CC)cc1.CCOC(=O)c1ccc(OC(=O)C(C)(C)CC)cc1. The number of methoxy groups -OCH3 is 2. The average Bonchev–Trinajstić information content (AvgIpc) is 0.851. The molecular formula is C89H123N5O19. The Labute approximate surface area is 669 Å². The van der Waals surface area contributed by atoms with Gasteiger partial charge in [0.15, 0.2) is 0 Å². The highest BCUT2D eigenvalue weighted by atomic mass is 16.6. The van der Waals surface area contributed by atoms with Gasteiger partial charge in [-0.05, 0) is 240 Å². The Morgan fingerprint density at radius 1 is 0.310 bits per heavy atom. The quantitative estimate of drug-likeness (QED) is 0.0211. The number of anilines is 4. The summed E-state index contributed by atoms with van der Waals surface area (Å²) in [6.07, 6.45) is 4.32. The molecule has 5 amide bonds. The highest BCUT2D eigenvalue weighted by molar-refractivity contribution is 5.99. The van der Waals surface area contributed by atoms with Crippen molar-refractivity contribution in [3.05, 3.63) is 179 Å². The lowest BCUT2D eigenvalue weighted by Gasteiger charge is -2.21. The second kappa shape index (κ2) is 47.4. The molecule has 0 radical (unpaired) electrons. The summed E-state index contributed by atoms with van der Waals surface area (Å²) in [5, 5.41) is 11.4. The maximum absolute atomic E-state index is 12.0. The second-order valence-corrected chi connectivity index (χ2v) is 30.5. The molecule has 24 heteroatoms. The molecule has 0 spiro atoms. The zero-order valence-electron chi connectivity index (χ0n) is 71.3. The fourth-order valence-electron chi connectivity index (χ4n) is 7.91. The van der Waals surface area contributed by atoms with E-state index in [1.54, 1.807) is 187 Å². The van der Waals surface area contributed by atoms with Gasteiger partial charge in [0.1, 0.15) is 11.5 Å². The van der Waals surface area contributed by atoms with Crippen LogP contribution < -0.4 is 30.7 Å². The van der Waals surface area contributed by atoms with E-state index in [9.17, 15) is 57.5 Å². The number of carbonyl (C=O) groups is 12. The van der Waals surface area contributed by atoms with E-state index >= 15 is 0 Å². The van der Waals surface area contributed by atoms with Gasteiger partial charge in [-0.1, -0.05) is 96.9 Å². The van der Waals surface area contributed by atoms with Crippen LogP contribution in [0, 0.1) is 32.5 Å². The van der Waals surface area contributed by atoms with Gasteiger partial charge in [-0.2, -0.15) is 0 Å². The van der Waals surface area contributed by atoms with E-state index in [4.69, 9.17) is 23.7 Å².